The smallest absolute Gasteiger partial charge is 0.109 e. The van der Waals surface area contributed by atoms with Crippen molar-refractivity contribution in [1.82, 2.24) is 0 Å². The summed E-state index contributed by atoms with van der Waals surface area (Å²) in [6, 6.07) is 36.6. The van der Waals surface area contributed by atoms with Gasteiger partial charge in [-0.3, -0.25) is 0 Å². The van der Waals surface area contributed by atoms with Crippen molar-refractivity contribution in [3.63, 3.8) is 0 Å². The summed E-state index contributed by atoms with van der Waals surface area (Å²) in [7, 11) is -0.131. The molecule has 4 aromatic carbocycles. The van der Waals surface area contributed by atoms with Gasteiger partial charge < -0.3 is 0 Å². The first kappa shape index (κ1) is 25.2. The van der Waals surface area contributed by atoms with Crippen molar-refractivity contribution in [3.8, 4) is 0 Å². The zero-order valence-electron chi connectivity index (χ0n) is 22.0. The van der Waals surface area contributed by atoms with Gasteiger partial charge in [-0.05, 0) is 63.9 Å². The third-order valence-electron chi connectivity index (χ3n) is 6.67. The highest BCUT2D eigenvalue weighted by molar-refractivity contribution is 7.56. The van der Waals surface area contributed by atoms with Crippen LogP contribution in [0.15, 0.2) is 97.1 Å². The fraction of sp³-hybridized carbons (Fsp3) is 0.212. The first-order valence-corrected chi connectivity index (χ1v) is 14.9. The van der Waals surface area contributed by atoms with Gasteiger partial charge in [0.25, 0.3) is 0 Å². The summed E-state index contributed by atoms with van der Waals surface area (Å²) < 4.78 is 0. The topological polar surface area (TPSA) is 0 Å². The van der Waals surface area contributed by atoms with Crippen LogP contribution in [0.1, 0.15) is 33.4 Å². The highest BCUT2D eigenvalue weighted by Crippen LogP contribution is 2.38. The zero-order valence-corrected chi connectivity index (χ0v) is 22.9. The van der Waals surface area contributed by atoms with Crippen LogP contribution >= 0.6 is 7.92 Å². The molecule has 35 heavy (non-hydrogen) atoms. The van der Waals surface area contributed by atoms with E-state index in [1.54, 1.807) is 0 Å². The van der Waals surface area contributed by atoms with Gasteiger partial charge >= 0.3 is 0 Å². The lowest BCUT2D eigenvalue weighted by molar-refractivity contribution is 1.44. The number of hydrogen-bond donors (Lipinski definition) is 0. The first-order valence-electron chi connectivity index (χ1n) is 12.5. The van der Waals surface area contributed by atoms with Crippen molar-refractivity contribution >= 4 is 36.6 Å². The monoisotopic (exact) mass is 474 g/mol. The van der Waals surface area contributed by atoms with E-state index in [4.69, 9.17) is 0 Å². The second kappa shape index (κ2) is 11.2. The molecule has 0 radical (unpaired) electrons. The van der Waals surface area contributed by atoms with E-state index in [0.717, 1.165) is 6.16 Å². The average molecular weight is 474 g/mol. The van der Waals surface area contributed by atoms with Gasteiger partial charge in [0, 0.05) is 0 Å². The summed E-state index contributed by atoms with van der Waals surface area (Å²) in [5, 5.41) is 0. The summed E-state index contributed by atoms with van der Waals surface area (Å²) in [6.07, 6.45) is 1.09. The first-order chi connectivity index (χ1) is 16.8. The molecule has 0 spiro atoms. The number of hydrogen-bond acceptors (Lipinski definition) is 0. The standard InChI is InChI=1S/C33H36BP/c1-24-7-15-28(16-8-24)32(23-35(5)6)33(29-17-9-25(2)10-18-29)34(30-19-11-26(3)12-20-30)31-21-13-27(4)14-22-31/h7-22H,23H2,1-6H3/b33-32+. The van der Waals surface area contributed by atoms with E-state index in [0.29, 0.717) is 0 Å². The zero-order chi connectivity index (χ0) is 24.9. The second-order valence-electron chi connectivity index (χ2n) is 10.1. The summed E-state index contributed by atoms with van der Waals surface area (Å²) in [6.45, 7) is 13.6. The van der Waals surface area contributed by atoms with Crippen molar-refractivity contribution in [2.24, 2.45) is 0 Å². The van der Waals surface area contributed by atoms with Gasteiger partial charge in [-0.2, -0.15) is 0 Å². The van der Waals surface area contributed by atoms with E-state index in [-0.39, 0.29) is 14.6 Å². The molecule has 0 aliphatic rings. The van der Waals surface area contributed by atoms with Crippen LogP contribution in [0.5, 0.6) is 0 Å². The van der Waals surface area contributed by atoms with Crippen LogP contribution in [-0.4, -0.2) is 26.2 Å². The van der Waals surface area contributed by atoms with Crippen LogP contribution in [0.25, 0.3) is 11.0 Å². The molecule has 0 bridgehead atoms. The Hall–Kier alpha value is -2.89. The van der Waals surface area contributed by atoms with Crippen LogP contribution in [0.3, 0.4) is 0 Å². The third kappa shape index (κ3) is 6.22. The van der Waals surface area contributed by atoms with Crippen LogP contribution in [0, 0.1) is 27.7 Å². The molecule has 4 rings (SSSR count). The number of rotatable bonds is 7. The van der Waals surface area contributed by atoms with E-state index < -0.39 is 0 Å². The maximum absolute atomic E-state index is 2.39. The Morgan fingerprint density at radius 3 is 1.23 bits per heavy atom. The fourth-order valence-corrected chi connectivity index (χ4v) is 5.68. The van der Waals surface area contributed by atoms with Crippen molar-refractivity contribution in [3.05, 3.63) is 130 Å². The van der Waals surface area contributed by atoms with Gasteiger partial charge in [0.15, 0.2) is 0 Å². The molecule has 0 aliphatic heterocycles. The Morgan fingerprint density at radius 2 is 0.857 bits per heavy atom. The molecule has 0 saturated heterocycles. The molecule has 0 aromatic heterocycles. The van der Waals surface area contributed by atoms with Gasteiger partial charge in [0.1, 0.15) is 0 Å². The van der Waals surface area contributed by atoms with Gasteiger partial charge in [-0.15, -0.1) is 7.92 Å². The fourth-order valence-electron chi connectivity index (χ4n) is 4.69. The number of benzene rings is 4. The Balaban J connectivity index is 2.08. The number of allylic oxidation sites excluding steroid dienone is 1. The van der Waals surface area contributed by atoms with E-state index in [2.05, 4.69) is 138 Å². The normalized spacial score (nSPS) is 12.0. The van der Waals surface area contributed by atoms with Crippen LogP contribution < -0.4 is 10.9 Å². The Kier molecular flexibility index (Phi) is 8.09. The maximum Gasteiger partial charge on any atom is 0.242 e. The predicted octanol–water partition coefficient (Wildman–Crippen LogP) is 7.42. The Morgan fingerprint density at radius 1 is 0.514 bits per heavy atom. The SMILES string of the molecule is Cc1ccc(B(/C(=C(\CP(C)C)c2ccc(C)cc2)c2ccc(C)cc2)c2ccc(C)cc2)cc1. The molecule has 0 fully saturated rings. The highest BCUT2D eigenvalue weighted by Gasteiger charge is 2.28. The number of aryl methyl sites for hydroxylation is 4. The van der Waals surface area contributed by atoms with Gasteiger partial charge in [-0.1, -0.05) is 136 Å². The maximum atomic E-state index is 2.39. The van der Waals surface area contributed by atoms with Crippen LogP contribution in [-0.2, 0) is 0 Å². The van der Waals surface area contributed by atoms with Gasteiger partial charge in [-0.25, -0.2) is 0 Å². The minimum atomic E-state index is -0.131. The van der Waals surface area contributed by atoms with Crippen molar-refractivity contribution in [2.45, 2.75) is 27.7 Å². The summed E-state index contributed by atoms with van der Waals surface area (Å²) in [4.78, 5) is 0. The molecule has 0 N–H and O–H groups in total. The Bertz CT molecular complexity index is 1230. The molecule has 0 nitrogen and oxygen atoms in total. The molecule has 0 unspecified atom stereocenters. The molecule has 0 aliphatic carbocycles. The predicted molar refractivity (Wildman–Crippen MR) is 160 cm³/mol. The van der Waals surface area contributed by atoms with E-state index in [9.17, 15) is 0 Å². The largest absolute Gasteiger partial charge is 0.242 e. The van der Waals surface area contributed by atoms with Crippen molar-refractivity contribution in [1.29, 1.82) is 0 Å². The average Bonchev–Trinajstić information content (AvgIpc) is 2.84. The molecule has 176 valence electrons. The third-order valence-corrected chi connectivity index (χ3v) is 7.62. The van der Waals surface area contributed by atoms with E-state index in [1.807, 2.05) is 0 Å². The van der Waals surface area contributed by atoms with Gasteiger partial charge in [0.2, 0.25) is 6.71 Å². The molecular formula is C33H36BP. The molecule has 2 heteroatoms. The van der Waals surface area contributed by atoms with Crippen LogP contribution in [0.2, 0.25) is 0 Å². The molecule has 0 amide bonds. The minimum Gasteiger partial charge on any atom is -0.109 e. The quantitative estimate of drug-likeness (QED) is 0.149. The summed E-state index contributed by atoms with van der Waals surface area (Å²) in [5.41, 5.74) is 13.4. The molecule has 0 saturated carbocycles. The van der Waals surface area contributed by atoms with Gasteiger partial charge in [0.05, 0.1) is 0 Å². The van der Waals surface area contributed by atoms with Crippen LogP contribution in [0.4, 0.5) is 0 Å². The van der Waals surface area contributed by atoms with E-state index >= 15 is 0 Å². The minimum absolute atomic E-state index is 0.131. The summed E-state index contributed by atoms with van der Waals surface area (Å²) >= 11 is 0. The lowest BCUT2D eigenvalue weighted by Gasteiger charge is -2.26. The Labute approximate surface area is 214 Å². The highest BCUT2D eigenvalue weighted by atomic mass is 31.1. The molecular weight excluding hydrogens is 438 g/mol. The molecule has 0 atom stereocenters. The van der Waals surface area contributed by atoms with Crippen molar-refractivity contribution in [2.75, 3.05) is 19.5 Å². The molecule has 0 heterocycles. The lowest BCUT2D eigenvalue weighted by atomic mass is 9.34. The lowest BCUT2D eigenvalue weighted by Crippen LogP contribution is -2.44. The summed E-state index contributed by atoms with van der Waals surface area (Å²) in [5.74, 6) is 0. The van der Waals surface area contributed by atoms with Crippen molar-refractivity contribution < 1.29 is 0 Å². The molecule has 4 aromatic rings. The van der Waals surface area contributed by atoms with E-state index in [1.165, 1.54) is 55.4 Å². The second-order valence-corrected chi connectivity index (χ2v) is 12.6.